The summed E-state index contributed by atoms with van der Waals surface area (Å²) in [4.78, 5) is 0. The number of hydrogen-bond acceptors (Lipinski definition) is 0. The van der Waals surface area contributed by atoms with Crippen LogP contribution in [0.5, 0.6) is 0 Å². The van der Waals surface area contributed by atoms with Gasteiger partial charge in [-0.15, -0.1) is 5.47 Å². The van der Waals surface area contributed by atoms with Crippen LogP contribution in [0, 0.1) is 0 Å². The van der Waals surface area contributed by atoms with E-state index in [1.54, 1.807) is 11.0 Å². The molecule has 0 amide bonds. The van der Waals surface area contributed by atoms with Crippen LogP contribution in [-0.2, 0) is 0 Å². The van der Waals surface area contributed by atoms with Gasteiger partial charge in [0.15, 0.2) is 6.71 Å². The second kappa shape index (κ2) is 3.12. The summed E-state index contributed by atoms with van der Waals surface area (Å²) in [5.74, 6) is 0.730. The highest BCUT2D eigenvalue weighted by molar-refractivity contribution is 6.68. The monoisotopic (exact) mass is 162 g/mol. The molecule has 0 saturated heterocycles. The standard InChI is InChI=1S/C11H19B/c1-7-8(2)10(4)12(6)11(5)9(7)3/h10H,1-6H3. The molecule has 0 radical (unpaired) electrons. The van der Waals surface area contributed by atoms with Gasteiger partial charge in [-0.25, -0.2) is 0 Å². The lowest BCUT2D eigenvalue weighted by molar-refractivity contribution is 0.995. The lowest BCUT2D eigenvalue weighted by Crippen LogP contribution is -2.23. The highest BCUT2D eigenvalue weighted by atomic mass is 14.1. The topological polar surface area (TPSA) is 0 Å². The maximum atomic E-state index is 2.33. The molecule has 0 nitrogen and oxygen atoms in total. The highest BCUT2D eigenvalue weighted by Crippen LogP contribution is 2.36. The van der Waals surface area contributed by atoms with Crippen molar-refractivity contribution in [2.75, 3.05) is 0 Å². The van der Waals surface area contributed by atoms with Crippen molar-refractivity contribution in [2.24, 2.45) is 0 Å². The molecule has 0 N–H and O–H groups in total. The minimum atomic E-state index is 0.730. The van der Waals surface area contributed by atoms with Gasteiger partial charge >= 0.3 is 0 Å². The Labute approximate surface area is 76.8 Å². The number of allylic oxidation sites excluding steroid dienone is 4. The molecule has 0 fully saturated rings. The van der Waals surface area contributed by atoms with Crippen molar-refractivity contribution < 1.29 is 0 Å². The molecular weight excluding hydrogens is 143 g/mol. The zero-order chi connectivity index (χ0) is 9.46. The van der Waals surface area contributed by atoms with Crippen LogP contribution in [0.15, 0.2) is 22.2 Å². The molecule has 0 aromatic heterocycles. The van der Waals surface area contributed by atoms with Gasteiger partial charge in [0.25, 0.3) is 0 Å². The van der Waals surface area contributed by atoms with Crippen LogP contribution in [0.3, 0.4) is 0 Å². The average Bonchev–Trinajstić information content (AvgIpc) is 2.08. The lowest BCUT2D eigenvalue weighted by atomic mass is 9.35. The van der Waals surface area contributed by atoms with Gasteiger partial charge in [-0.05, 0) is 26.6 Å². The summed E-state index contributed by atoms with van der Waals surface area (Å²) in [6, 6.07) is 0. The zero-order valence-electron chi connectivity index (χ0n) is 9.15. The first-order valence-electron chi connectivity index (χ1n) is 4.82. The molecule has 1 unspecified atom stereocenters. The molecular formula is C11H19B. The van der Waals surface area contributed by atoms with Crippen LogP contribution in [0.1, 0.15) is 34.6 Å². The summed E-state index contributed by atoms with van der Waals surface area (Å²) in [7, 11) is 0. The Morgan fingerprint density at radius 1 is 1.00 bits per heavy atom. The highest BCUT2D eigenvalue weighted by Gasteiger charge is 2.26. The van der Waals surface area contributed by atoms with E-state index in [0.717, 1.165) is 12.5 Å². The molecule has 1 heterocycles. The van der Waals surface area contributed by atoms with Gasteiger partial charge in [0.05, 0.1) is 0 Å². The summed E-state index contributed by atoms with van der Waals surface area (Å²) in [5.41, 5.74) is 6.17. The van der Waals surface area contributed by atoms with Gasteiger partial charge in [0.1, 0.15) is 0 Å². The third kappa shape index (κ3) is 1.26. The summed E-state index contributed by atoms with van der Waals surface area (Å²) >= 11 is 0. The Hall–Kier alpha value is -0.455. The molecule has 1 rings (SSSR count). The first kappa shape index (κ1) is 9.63. The molecule has 0 spiro atoms. The summed E-state index contributed by atoms with van der Waals surface area (Å²) < 4.78 is 0. The normalized spacial score (nSPS) is 25.5. The van der Waals surface area contributed by atoms with Gasteiger partial charge in [-0.1, -0.05) is 37.4 Å². The van der Waals surface area contributed by atoms with Crippen molar-refractivity contribution in [2.45, 2.75) is 47.3 Å². The van der Waals surface area contributed by atoms with Crippen molar-refractivity contribution in [1.82, 2.24) is 0 Å². The second-order valence-electron chi connectivity index (χ2n) is 4.19. The van der Waals surface area contributed by atoms with Crippen LogP contribution < -0.4 is 0 Å². The molecule has 0 saturated carbocycles. The second-order valence-corrected chi connectivity index (χ2v) is 4.19. The smallest absolute Gasteiger partial charge is 0.101 e. The van der Waals surface area contributed by atoms with Gasteiger partial charge in [0, 0.05) is 0 Å². The fourth-order valence-electron chi connectivity index (χ4n) is 2.02. The van der Waals surface area contributed by atoms with Crippen molar-refractivity contribution in [3.63, 3.8) is 0 Å². The minimum absolute atomic E-state index is 0.730. The number of rotatable bonds is 0. The van der Waals surface area contributed by atoms with E-state index in [-0.39, 0.29) is 0 Å². The van der Waals surface area contributed by atoms with Gasteiger partial charge in [-0.3, -0.25) is 0 Å². The average molecular weight is 162 g/mol. The predicted octanol–water partition coefficient (Wildman–Crippen LogP) is 3.73. The molecule has 1 heteroatoms. The molecule has 0 bridgehead atoms. The Bertz CT molecular complexity index is 230. The minimum Gasteiger partial charge on any atom is -0.101 e. The quantitative estimate of drug-likeness (QED) is 0.476. The Morgan fingerprint density at radius 3 is 2.00 bits per heavy atom. The zero-order valence-corrected chi connectivity index (χ0v) is 9.15. The Morgan fingerprint density at radius 2 is 1.50 bits per heavy atom. The molecule has 0 aromatic rings. The van der Waals surface area contributed by atoms with Crippen LogP contribution in [0.25, 0.3) is 0 Å². The molecule has 0 aromatic carbocycles. The fourth-order valence-corrected chi connectivity index (χ4v) is 2.02. The molecule has 0 aliphatic carbocycles. The first-order valence-corrected chi connectivity index (χ1v) is 4.82. The molecule has 1 atom stereocenters. The van der Waals surface area contributed by atoms with Crippen molar-refractivity contribution in [3.8, 4) is 0 Å². The third-order valence-electron chi connectivity index (χ3n) is 3.86. The van der Waals surface area contributed by atoms with E-state index in [0.29, 0.717) is 0 Å². The summed E-state index contributed by atoms with van der Waals surface area (Å²) in [6.07, 6.45) is 0. The maximum absolute atomic E-state index is 2.33. The largest absolute Gasteiger partial charge is 0.174 e. The Kier molecular flexibility index (Phi) is 2.50. The van der Waals surface area contributed by atoms with Crippen LogP contribution in [-0.4, -0.2) is 6.71 Å². The first-order chi connectivity index (χ1) is 5.46. The van der Waals surface area contributed by atoms with Gasteiger partial charge in [-0.2, -0.15) is 0 Å². The van der Waals surface area contributed by atoms with E-state index in [1.165, 1.54) is 11.1 Å². The van der Waals surface area contributed by atoms with Gasteiger partial charge in [0.2, 0.25) is 0 Å². The summed E-state index contributed by atoms with van der Waals surface area (Å²) in [6.45, 7) is 14.4. The van der Waals surface area contributed by atoms with E-state index in [2.05, 4.69) is 41.4 Å². The summed E-state index contributed by atoms with van der Waals surface area (Å²) in [5, 5.41) is 0. The van der Waals surface area contributed by atoms with Crippen molar-refractivity contribution in [3.05, 3.63) is 22.2 Å². The molecule has 1 aliphatic heterocycles. The molecule has 1 aliphatic rings. The number of hydrogen-bond donors (Lipinski definition) is 0. The van der Waals surface area contributed by atoms with Crippen LogP contribution >= 0.6 is 0 Å². The third-order valence-corrected chi connectivity index (χ3v) is 3.86. The Balaban J connectivity index is 3.18. The SMILES string of the molecule is CB1C(C)=C(C)C(C)=C(C)C1C. The fraction of sp³-hybridized carbons (Fsp3) is 0.636. The predicted molar refractivity (Wildman–Crippen MR) is 57.8 cm³/mol. The van der Waals surface area contributed by atoms with E-state index in [4.69, 9.17) is 0 Å². The van der Waals surface area contributed by atoms with Gasteiger partial charge < -0.3 is 0 Å². The van der Waals surface area contributed by atoms with Crippen molar-refractivity contribution >= 4 is 6.71 Å². The molecule has 66 valence electrons. The van der Waals surface area contributed by atoms with E-state index >= 15 is 0 Å². The lowest BCUT2D eigenvalue weighted by Gasteiger charge is -2.28. The van der Waals surface area contributed by atoms with Crippen molar-refractivity contribution in [1.29, 1.82) is 0 Å². The van der Waals surface area contributed by atoms with Crippen LogP contribution in [0.4, 0.5) is 0 Å². The van der Waals surface area contributed by atoms with E-state index < -0.39 is 0 Å². The maximum Gasteiger partial charge on any atom is 0.174 e. The van der Waals surface area contributed by atoms with Crippen LogP contribution in [0.2, 0.25) is 12.6 Å². The molecule has 12 heavy (non-hydrogen) atoms. The van der Waals surface area contributed by atoms with E-state index in [1.807, 2.05) is 0 Å². The van der Waals surface area contributed by atoms with E-state index in [9.17, 15) is 0 Å².